The van der Waals surface area contributed by atoms with Gasteiger partial charge in [0.1, 0.15) is 5.56 Å². The van der Waals surface area contributed by atoms with E-state index in [-0.39, 0.29) is 17.7 Å². The Morgan fingerprint density at radius 2 is 1.93 bits per heavy atom. The fourth-order valence-electron chi connectivity index (χ4n) is 2.53. The largest absolute Gasteiger partial charge is 0.493 e. The van der Waals surface area contributed by atoms with Gasteiger partial charge in [0, 0.05) is 17.0 Å². The van der Waals surface area contributed by atoms with Crippen molar-refractivity contribution in [3.63, 3.8) is 0 Å². The van der Waals surface area contributed by atoms with Gasteiger partial charge >= 0.3 is 11.6 Å². The normalized spacial score (nSPS) is 10.5. The number of ether oxygens (including phenoxy) is 2. The molecule has 0 aliphatic heterocycles. The fraction of sp³-hybridized carbons (Fsp3) is 0.150. The zero-order valence-electron chi connectivity index (χ0n) is 14.9. The second-order valence-corrected chi connectivity index (χ2v) is 6.25. The number of amides is 1. The summed E-state index contributed by atoms with van der Waals surface area (Å²) in [5.41, 5.74) is -0.146. The highest BCUT2D eigenvalue weighted by Crippen LogP contribution is 2.24. The van der Waals surface area contributed by atoms with Crippen LogP contribution in [0.5, 0.6) is 5.75 Å². The molecule has 144 valence electrons. The van der Waals surface area contributed by atoms with Gasteiger partial charge in [-0.15, -0.1) is 0 Å². The maximum atomic E-state index is 12.2. The van der Waals surface area contributed by atoms with E-state index in [1.54, 1.807) is 42.5 Å². The number of hydrogen-bond donors (Lipinski definition) is 1. The van der Waals surface area contributed by atoms with Gasteiger partial charge < -0.3 is 19.2 Å². The number of halogens is 1. The average molecular weight is 402 g/mol. The topological polar surface area (TPSA) is 94.8 Å². The zero-order valence-corrected chi connectivity index (χ0v) is 15.6. The lowest BCUT2D eigenvalue weighted by Crippen LogP contribution is -2.29. The van der Waals surface area contributed by atoms with Gasteiger partial charge in [-0.05, 0) is 29.8 Å². The van der Waals surface area contributed by atoms with Crippen molar-refractivity contribution in [2.75, 3.05) is 13.7 Å². The van der Waals surface area contributed by atoms with Gasteiger partial charge in [-0.2, -0.15) is 0 Å². The molecule has 2 aromatic carbocycles. The minimum absolute atomic E-state index is 0.228. The molecule has 0 saturated heterocycles. The van der Waals surface area contributed by atoms with E-state index in [1.165, 1.54) is 13.2 Å². The average Bonchev–Trinajstić information content (AvgIpc) is 2.69. The highest BCUT2D eigenvalue weighted by atomic mass is 35.5. The molecule has 8 heteroatoms. The molecule has 0 unspecified atom stereocenters. The van der Waals surface area contributed by atoms with Gasteiger partial charge in [0.2, 0.25) is 0 Å². The predicted octanol–water partition coefficient (Wildman–Crippen LogP) is 2.93. The Balaban J connectivity index is 1.63. The maximum absolute atomic E-state index is 12.2. The molecule has 1 aromatic heterocycles. The summed E-state index contributed by atoms with van der Waals surface area (Å²) in [7, 11) is 1.44. The third-order valence-electron chi connectivity index (χ3n) is 3.88. The van der Waals surface area contributed by atoms with Crippen LogP contribution < -0.4 is 15.7 Å². The first kappa shape index (κ1) is 19.4. The van der Waals surface area contributed by atoms with Crippen LogP contribution in [0.4, 0.5) is 0 Å². The third kappa shape index (κ3) is 4.50. The lowest BCUT2D eigenvalue weighted by atomic mass is 10.2. The fourth-order valence-corrected chi connectivity index (χ4v) is 2.74. The number of methoxy groups -OCH3 is 1. The van der Waals surface area contributed by atoms with E-state index in [0.29, 0.717) is 16.2 Å². The molecule has 0 aliphatic carbocycles. The number of benzene rings is 2. The molecule has 0 aliphatic rings. The molecule has 1 N–H and O–H groups in total. The SMILES string of the molecule is COc1cccc2cc(C(=O)OCC(=O)NCc3cccc(Cl)c3)c(=O)oc12. The van der Waals surface area contributed by atoms with Crippen molar-refractivity contribution >= 4 is 34.4 Å². The Bertz CT molecular complexity index is 1090. The van der Waals surface area contributed by atoms with Crippen LogP contribution in [-0.2, 0) is 16.1 Å². The lowest BCUT2D eigenvalue weighted by Gasteiger charge is -2.08. The number of rotatable bonds is 6. The summed E-state index contributed by atoms with van der Waals surface area (Å²) in [5.74, 6) is -1.09. The van der Waals surface area contributed by atoms with E-state index in [0.717, 1.165) is 5.56 Å². The summed E-state index contributed by atoms with van der Waals surface area (Å²) >= 11 is 5.88. The Labute approximate surface area is 164 Å². The number of esters is 1. The Morgan fingerprint density at radius 1 is 1.14 bits per heavy atom. The van der Waals surface area contributed by atoms with Crippen molar-refractivity contribution in [3.8, 4) is 5.75 Å². The molecule has 1 amide bonds. The second-order valence-electron chi connectivity index (χ2n) is 5.81. The molecular weight excluding hydrogens is 386 g/mol. The summed E-state index contributed by atoms with van der Waals surface area (Å²) < 4.78 is 15.2. The van der Waals surface area contributed by atoms with Crippen molar-refractivity contribution in [2.24, 2.45) is 0 Å². The first-order chi connectivity index (χ1) is 13.5. The Hall–Kier alpha value is -3.32. The van der Waals surface area contributed by atoms with Gasteiger partial charge in [-0.3, -0.25) is 4.79 Å². The van der Waals surface area contributed by atoms with Crippen LogP contribution >= 0.6 is 11.6 Å². The second kappa shape index (κ2) is 8.58. The van der Waals surface area contributed by atoms with E-state index in [9.17, 15) is 14.4 Å². The van der Waals surface area contributed by atoms with Crippen LogP contribution in [-0.4, -0.2) is 25.6 Å². The van der Waals surface area contributed by atoms with Gasteiger partial charge in [0.25, 0.3) is 5.91 Å². The van der Waals surface area contributed by atoms with Crippen LogP contribution in [0.1, 0.15) is 15.9 Å². The molecule has 0 bridgehead atoms. The molecule has 0 saturated carbocycles. The van der Waals surface area contributed by atoms with Crippen molar-refractivity contribution in [1.29, 1.82) is 0 Å². The van der Waals surface area contributed by atoms with Crippen LogP contribution in [0.25, 0.3) is 11.0 Å². The molecule has 3 aromatic rings. The first-order valence-electron chi connectivity index (χ1n) is 8.27. The quantitative estimate of drug-likeness (QED) is 0.504. The highest BCUT2D eigenvalue weighted by Gasteiger charge is 2.18. The molecular formula is C20H16ClNO6. The van der Waals surface area contributed by atoms with E-state index in [4.69, 9.17) is 25.5 Å². The number of carbonyl (C=O) groups is 2. The van der Waals surface area contributed by atoms with E-state index >= 15 is 0 Å². The monoisotopic (exact) mass is 401 g/mol. The van der Waals surface area contributed by atoms with Crippen LogP contribution in [0.2, 0.25) is 5.02 Å². The van der Waals surface area contributed by atoms with Crippen LogP contribution in [0.15, 0.2) is 57.7 Å². The molecule has 28 heavy (non-hydrogen) atoms. The molecule has 7 nitrogen and oxygen atoms in total. The molecule has 3 rings (SSSR count). The van der Waals surface area contributed by atoms with E-state index in [1.807, 2.05) is 0 Å². The summed E-state index contributed by atoms with van der Waals surface area (Å²) in [6, 6.07) is 13.3. The highest BCUT2D eigenvalue weighted by molar-refractivity contribution is 6.30. The van der Waals surface area contributed by atoms with E-state index in [2.05, 4.69) is 5.32 Å². The number of fused-ring (bicyclic) bond motifs is 1. The van der Waals surface area contributed by atoms with Gasteiger partial charge in [0.15, 0.2) is 17.9 Å². The minimum atomic E-state index is -0.948. The van der Waals surface area contributed by atoms with Crippen molar-refractivity contribution in [2.45, 2.75) is 6.54 Å². The van der Waals surface area contributed by atoms with E-state index < -0.39 is 24.1 Å². The Kier molecular flexibility index (Phi) is 5.96. The summed E-state index contributed by atoms with van der Waals surface area (Å²) in [6.07, 6.45) is 0. The standard InChI is InChI=1S/C20H16ClNO6/c1-26-16-7-3-5-13-9-15(20(25)28-18(13)16)19(24)27-11-17(23)22-10-12-4-2-6-14(21)8-12/h2-9H,10-11H2,1H3,(H,22,23). The smallest absolute Gasteiger partial charge is 0.351 e. The summed E-state index contributed by atoms with van der Waals surface area (Å²) in [5, 5.41) is 3.65. The minimum Gasteiger partial charge on any atom is -0.493 e. The van der Waals surface area contributed by atoms with Gasteiger partial charge in [-0.25, -0.2) is 9.59 Å². The number of hydrogen-bond acceptors (Lipinski definition) is 6. The number of carbonyl (C=O) groups excluding carboxylic acids is 2. The first-order valence-corrected chi connectivity index (χ1v) is 8.65. The third-order valence-corrected chi connectivity index (χ3v) is 4.11. The zero-order chi connectivity index (χ0) is 20.1. The molecule has 0 spiro atoms. The molecule has 1 heterocycles. The molecule has 0 atom stereocenters. The van der Waals surface area contributed by atoms with Crippen LogP contribution in [0, 0.1) is 0 Å². The van der Waals surface area contributed by atoms with Crippen molar-refractivity contribution in [1.82, 2.24) is 5.32 Å². The van der Waals surface area contributed by atoms with Crippen molar-refractivity contribution < 1.29 is 23.5 Å². The number of para-hydroxylation sites is 1. The van der Waals surface area contributed by atoms with Crippen LogP contribution in [0.3, 0.4) is 0 Å². The number of nitrogens with one attached hydrogen (secondary N) is 1. The lowest BCUT2D eigenvalue weighted by molar-refractivity contribution is -0.124. The van der Waals surface area contributed by atoms with Gasteiger partial charge in [-0.1, -0.05) is 35.9 Å². The summed E-state index contributed by atoms with van der Waals surface area (Å²) in [4.78, 5) is 36.1. The van der Waals surface area contributed by atoms with Crippen molar-refractivity contribution in [3.05, 3.63) is 75.1 Å². The molecule has 0 radical (unpaired) electrons. The summed E-state index contributed by atoms with van der Waals surface area (Å²) in [6.45, 7) is -0.302. The van der Waals surface area contributed by atoms with Gasteiger partial charge in [0.05, 0.1) is 7.11 Å². The molecule has 0 fully saturated rings. The Morgan fingerprint density at radius 3 is 2.68 bits per heavy atom. The predicted molar refractivity (Wildman–Crippen MR) is 103 cm³/mol. The maximum Gasteiger partial charge on any atom is 0.351 e.